The van der Waals surface area contributed by atoms with Crippen LogP contribution in [0.2, 0.25) is 10.3 Å². The van der Waals surface area contributed by atoms with E-state index in [9.17, 15) is 24.6 Å². The number of halogens is 2. The second kappa shape index (κ2) is 13.3. The highest BCUT2D eigenvalue weighted by molar-refractivity contribution is 8.00. The summed E-state index contributed by atoms with van der Waals surface area (Å²) in [5, 5.41) is 27.5. The lowest BCUT2D eigenvalue weighted by Crippen LogP contribution is -2.58. The van der Waals surface area contributed by atoms with Crippen LogP contribution in [-0.4, -0.2) is 66.6 Å². The zero-order valence-corrected chi connectivity index (χ0v) is 25.6. The molecule has 9 nitrogen and oxygen atoms in total. The molecule has 0 bridgehead atoms. The minimum Gasteiger partial charge on any atom is -0.508 e. The van der Waals surface area contributed by atoms with Crippen molar-refractivity contribution in [2.24, 2.45) is 0 Å². The van der Waals surface area contributed by atoms with E-state index in [-0.39, 0.29) is 40.5 Å². The van der Waals surface area contributed by atoms with Crippen molar-refractivity contribution in [3.8, 4) is 5.75 Å². The molecule has 2 aromatic carbocycles. The number of nitrogens with zero attached hydrogens (tertiary/aromatic N) is 2. The number of aromatic hydroxyl groups is 1. The van der Waals surface area contributed by atoms with E-state index in [0.29, 0.717) is 11.1 Å². The van der Waals surface area contributed by atoms with Crippen LogP contribution in [-0.2, 0) is 22.6 Å². The van der Waals surface area contributed by atoms with E-state index in [2.05, 4.69) is 15.6 Å². The van der Waals surface area contributed by atoms with Crippen LogP contribution in [0.1, 0.15) is 40.9 Å². The number of benzene rings is 2. The summed E-state index contributed by atoms with van der Waals surface area (Å²) in [7, 11) is 0. The van der Waals surface area contributed by atoms with Gasteiger partial charge in [0.2, 0.25) is 5.91 Å². The molecule has 3 atom stereocenters. The summed E-state index contributed by atoms with van der Waals surface area (Å²) in [4.78, 5) is 45.8. The lowest BCUT2D eigenvalue weighted by atomic mass is 9.96. The fourth-order valence-corrected chi connectivity index (χ4v) is 6.53. The van der Waals surface area contributed by atoms with E-state index in [4.69, 9.17) is 23.2 Å². The van der Waals surface area contributed by atoms with Gasteiger partial charge in [0.15, 0.2) is 6.10 Å². The summed E-state index contributed by atoms with van der Waals surface area (Å²) in [6.45, 7) is 5.43. The molecule has 0 radical (unpaired) electrons. The molecule has 0 aliphatic carbocycles. The Morgan fingerprint density at radius 2 is 1.74 bits per heavy atom. The molecule has 42 heavy (non-hydrogen) atoms. The van der Waals surface area contributed by atoms with Gasteiger partial charge in [0, 0.05) is 22.4 Å². The van der Waals surface area contributed by atoms with Gasteiger partial charge in [-0.2, -0.15) is 0 Å². The van der Waals surface area contributed by atoms with E-state index in [1.54, 1.807) is 31.2 Å². The Labute approximate surface area is 258 Å². The molecule has 4 N–H and O–H groups in total. The number of aliphatic hydroxyl groups excluding tert-OH is 1. The van der Waals surface area contributed by atoms with Gasteiger partial charge in [-0.05, 0) is 62.6 Å². The van der Waals surface area contributed by atoms with Crippen molar-refractivity contribution in [2.45, 2.75) is 56.7 Å². The largest absolute Gasteiger partial charge is 0.508 e. The number of carbonyl (C=O) groups excluding carboxylic acids is 3. The number of rotatable bonds is 9. The highest BCUT2D eigenvalue weighted by Crippen LogP contribution is 2.40. The Morgan fingerprint density at radius 3 is 2.40 bits per heavy atom. The number of amides is 3. The minimum atomic E-state index is -1.66. The van der Waals surface area contributed by atoms with E-state index >= 15 is 0 Å². The molecule has 3 unspecified atom stereocenters. The highest BCUT2D eigenvalue weighted by atomic mass is 35.5. The number of phenols is 1. The first-order valence-corrected chi connectivity index (χ1v) is 15.0. The number of hydrogen-bond donors (Lipinski definition) is 4. The van der Waals surface area contributed by atoms with Crippen LogP contribution in [0.5, 0.6) is 5.75 Å². The van der Waals surface area contributed by atoms with Crippen molar-refractivity contribution in [3.63, 3.8) is 0 Å². The van der Waals surface area contributed by atoms with Gasteiger partial charge in [-0.15, -0.1) is 11.8 Å². The number of phenolic OH excluding ortho intramolecular Hbond substituents is 1. The first-order valence-electron chi connectivity index (χ1n) is 13.2. The lowest BCUT2D eigenvalue weighted by molar-refractivity contribution is -0.147. The minimum absolute atomic E-state index is 0.0413. The molecular weight excluding hydrogens is 599 g/mol. The van der Waals surface area contributed by atoms with Crippen LogP contribution in [0.3, 0.4) is 0 Å². The molecule has 2 heterocycles. The summed E-state index contributed by atoms with van der Waals surface area (Å²) in [6, 6.07) is 15.0. The van der Waals surface area contributed by atoms with Crippen molar-refractivity contribution < 1.29 is 24.6 Å². The molecular formula is C30H32Cl2N4O5S. The summed E-state index contributed by atoms with van der Waals surface area (Å²) < 4.78 is -0.663. The SMILES string of the molecule is Cc1c(O)cccc1C(=O)NC(Cc1ccccc1)C(O)C(=O)N1CSC(C)(C)C1C(=O)NCc1cc(Cl)nc(Cl)c1. The number of thioether (sulfide) groups is 1. The first-order chi connectivity index (χ1) is 19.9. The quantitative estimate of drug-likeness (QED) is 0.262. The molecule has 1 aliphatic heterocycles. The number of aliphatic hydroxyl groups is 1. The Hall–Kier alpha value is -3.31. The molecule has 1 saturated heterocycles. The van der Waals surface area contributed by atoms with Crippen LogP contribution in [0, 0.1) is 6.92 Å². The zero-order chi connectivity index (χ0) is 30.6. The molecule has 4 rings (SSSR count). The number of aromatic nitrogens is 1. The second-order valence-corrected chi connectivity index (χ2v) is 13.0. The maximum Gasteiger partial charge on any atom is 0.254 e. The zero-order valence-electron chi connectivity index (χ0n) is 23.3. The molecule has 0 saturated carbocycles. The van der Waals surface area contributed by atoms with Gasteiger partial charge in [0.05, 0.1) is 11.9 Å². The molecule has 12 heteroatoms. The van der Waals surface area contributed by atoms with Gasteiger partial charge in [0.1, 0.15) is 22.1 Å². The molecule has 0 spiro atoms. The molecule has 1 fully saturated rings. The third-order valence-electron chi connectivity index (χ3n) is 7.17. The summed E-state index contributed by atoms with van der Waals surface area (Å²) >= 11 is 13.4. The molecule has 3 amide bonds. The average molecular weight is 632 g/mol. The number of hydrogen-bond acceptors (Lipinski definition) is 7. The van der Waals surface area contributed by atoms with Crippen molar-refractivity contribution >= 4 is 52.7 Å². The van der Waals surface area contributed by atoms with Crippen LogP contribution < -0.4 is 10.6 Å². The van der Waals surface area contributed by atoms with E-state index in [1.807, 2.05) is 44.2 Å². The Balaban J connectivity index is 1.56. The Bertz CT molecular complexity index is 1450. The average Bonchev–Trinajstić information content (AvgIpc) is 3.26. The third-order valence-corrected chi connectivity index (χ3v) is 8.93. The van der Waals surface area contributed by atoms with Gasteiger partial charge in [0.25, 0.3) is 11.8 Å². The summed E-state index contributed by atoms with van der Waals surface area (Å²) in [5.41, 5.74) is 2.03. The first kappa shape index (κ1) is 31.6. The van der Waals surface area contributed by atoms with Crippen molar-refractivity contribution in [1.29, 1.82) is 0 Å². The maximum absolute atomic E-state index is 13.8. The predicted octanol–water partition coefficient (Wildman–Crippen LogP) is 4.10. The van der Waals surface area contributed by atoms with Gasteiger partial charge < -0.3 is 25.7 Å². The lowest BCUT2D eigenvalue weighted by Gasteiger charge is -2.33. The van der Waals surface area contributed by atoms with Crippen LogP contribution >= 0.6 is 35.0 Å². The fourth-order valence-electron chi connectivity index (χ4n) is 4.88. The molecule has 1 aliphatic rings. The fraction of sp³-hybridized carbons (Fsp3) is 0.333. The van der Waals surface area contributed by atoms with Gasteiger partial charge >= 0.3 is 0 Å². The molecule has 222 valence electrons. The van der Waals surface area contributed by atoms with E-state index < -0.39 is 40.7 Å². The smallest absolute Gasteiger partial charge is 0.254 e. The summed E-state index contributed by atoms with van der Waals surface area (Å²) in [5.74, 6) is -1.51. The van der Waals surface area contributed by atoms with Crippen molar-refractivity contribution in [3.05, 3.63) is 93.2 Å². The number of nitrogens with one attached hydrogen (secondary N) is 2. The van der Waals surface area contributed by atoms with Gasteiger partial charge in [-0.25, -0.2) is 4.98 Å². The molecule has 3 aromatic rings. The number of carbonyl (C=O) groups is 3. The van der Waals surface area contributed by atoms with Crippen molar-refractivity contribution in [2.75, 3.05) is 5.88 Å². The predicted molar refractivity (Wildman–Crippen MR) is 164 cm³/mol. The highest BCUT2D eigenvalue weighted by Gasteiger charge is 2.49. The number of pyridine rings is 1. The third kappa shape index (κ3) is 7.36. The Morgan fingerprint density at radius 1 is 1.07 bits per heavy atom. The van der Waals surface area contributed by atoms with Crippen LogP contribution in [0.4, 0.5) is 0 Å². The van der Waals surface area contributed by atoms with Crippen LogP contribution in [0.15, 0.2) is 60.7 Å². The normalized spacial score (nSPS) is 17.4. The second-order valence-electron chi connectivity index (χ2n) is 10.6. The van der Waals surface area contributed by atoms with Crippen molar-refractivity contribution in [1.82, 2.24) is 20.5 Å². The van der Waals surface area contributed by atoms with E-state index in [1.165, 1.54) is 22.7 Å². The van der Waals surface area contributed by atoms with E-state index in [0.717, 1.165) is 5.56 Å². The Kier molecular flexibility index (Phi) is 10.0. The van der Waals surface area contributed by atoms with Crippen LogP contribution in [0.25, 0.3) is 0 Å². The summed E-state index contributed by atoms with van der Waals surface area (Å²) in [6.07, 6.45) is -1.50. The topological polar surface area (TPSA) is 132 Å². The standard InChI is InChI=1S/C30H32Cl2N4O5S/c1-17-20(10-7-11-22(17)37)27(39)34-21(12-18-8-5-4-6-9-18)25(38)29(41)36-16-42-30(2,3)26(36)28(40)33-15-19-13-23(31)35-24(32)14-19/h4-11,13-14,21,25-26,37-38H,12,15-16H2,1-3H3,(H,33,40)(H,34,39). The van der Waals surface area contributed by atoms with Gasteiger partial charge in [-0.1, -0.05) is 59.6 Å². The van der Waals surface area contributed by atoms with Gasteiger partial charge in [-0.3, -0.25) is 14.4 Å². The molecule has 1 aromatic heterocycles. The maximum atomic E-state index is 13.8. The monoisotopic (exact) mass is 630 g/mol.